The number of carbonyl (C=O) groups excluding carboxylic acids is 1. The summed E-state index contributed by atoms with van der Waals surface area (Å²) in [6.07, 6.45) is 2.22. The molecule has 0 radical (unpaired) electrons. The first kappa shape index (κ1) is 19.9. The van der Waals surface area contributed by atoms with Crippen LogP contribution in [0.5, 0.6) is 0 Å². The van der Waals surface area contributed by atoms with Gasteiger partial charge in [0.05, 0.1) is 12.3 Å². The monoisotopic (exact) mass is 350 g/mol. The molecule has 1 aliphatic heterocycles. The highest BCUT2D eigenvalue weighted by atomic mass is 32.2. The summed E-state index contributed by atoms with van der Waals surface area (Å²) < 4.78 is 25.6. The maximum Gasteiger partial charge on any atom is 0.337 e. The lowest BCUT2D eigenvalue weighted by atomic mass is 9.97. The molecular formula is C14H26N2O6S. The van der Waals surface area contributed by atoms with Gasteiger partial charge in [-0.1, -0.05) is 13.3 Å². The Balaban J connectivity index is 2.47. The molecule has 1 heterocycles. The Bertz CT molecular complexity index is 523. The van der Waals surface area contributed by atoms with Crippen molar-refractivity contribution in [1.82, 2.24) is 9.62 Å². The van der Waals surface area contributed by atoms with Crippen LogP contribution in [0.2, 0.25) is 0 Å². The summed E-state index contributed by atoms with van der Waals surface area (Å²) in [5.41, 5.74) is -2.01. The lowest BCUT2D eigenvalue weighted by Gasteiger charge is -2.31. The Morgan fingerprint density at radius 3 is 2.35 bits per heavy atom. The molecule has 9 heteroatoms. The molecular weight excluding hydrogens is 324 g/mol. The Labute approximate surface area is 136 Å². The molecule has 1 rings (SSSR count). The topological polar surface area (TPSA) is 124 Å². The maximum absolute atomic E-state index is 12.1. The highest BCUT2D eigenvalue weighted by molar-refractivity contribution is 7.89. The molecule has 1 amide bonds. The standard InChI is InChI=1S/C14H26N2O6S/c1-3-4-9-23(21,22)16-7-5-11(6-8-16)12(17)15-10-14(2,20)13(18)19/h11,20H,3-10H2,1-2H3,(H,15,17)(H,18,19). The van der Waals surface area contributed by atoms with Gasteiger partial charge in [0, 0.05) is 19.0 Å². The van der Waals surface area contributed by atoms with Crippen LogP contribution < -0.4 is 5.32 Å². The number of aliphatic hydroxyl groups is 1. The van der Waals surface area contributed by atoms with Gasteiger partial charge in [-0.15, -0.1) is 0 Å². The van der Waals surface area contributed by atoms with Crippen molar-refractivity contribution in [2.45, 2.75) is 45.1 Å². The summed E-state index contributed by atoms with van der Waals surface area (Å²) in [5.74, 6) is -1.99. The summed E-state index contributed by atoms with van der Waals surface area (Å²) in [7, 11) is -3.26. The van der Waals surface area contributed by atoms with Crippen molar-refractivity contribution in [3.05, 3.63) is 0 Å². The summed E-state index contributed by atoms with van der Waals surface area (Å²) in [6, 6.07) is 0. The van der Waals surface area contributed by atoms with E-state index in [0.29, 0.717) is 32.4 Å². The molecule has 1 unspecified atom stereocenters. The number of unbranched alkanes of at least 4 members (excludes halogenated alkanes) is 1. The Kier molecular flexibility index (Phi) is 6.97. The second-order valence-electron chi connectivity index (χ2n) is 6.14. The molecule has 0 aromatic heterocycles. The van der Waals surface area contributed by atoms with E-state index in [1.807, 2.05) is 6.92 Å². The Hall–Kier alpha value is -1.19. The van der Waals surface area contributed by atoms with E-state index in [0.717, 1.165) is 13.3 Å². The summed E-state index contributed by atoms with van der Waals surface area (Å²) in [4.78, 5) is 22.8. The second kappa shape index (κ2) is 8.07. The molecule has 1 aliphatic rings. The molecule has 8 nitrogen and oxygen atoms in total. The Morgan fingerprint density at radius 1 is 1.30 bits per heavy atom. The maximum atomic E-state index is 12.1. The number of nitrogens with zero attached hydrogens (tertiary/aromatic N) is 1. The van der Waals surface area contributed by atoms with Crippen molar-refractivity contribution >= 4 is 21.9 Å². The highest BCUT2D eigenvalue weighted by Crippen LogP contribution is 2.20. The quantitative estimate of drug-likeness (QED) is 0.556. The molecule has 134 valence electrons. The van der Waals surface area contributed by atoms with E-state index in [4.69, 9.17) is 5.11 Å². The number of carboxylic acid groups (broad SMARTS) is 1. The van der Waals surface area contributed by atoms with Gasteiger partial charge in [0.15, 0.2) is 5.60 Å². The third kappa shape index (κ3) is 5.74. The summed E-state index contributed by atoms with van der Waals surface area (Å²) in [6.45, 7) is 3.24. The van der Waals surface area contributed by atoms with Gasteiger partial charge in [0.25, 0.3) is 0 Å². The van der Waals surface area contributed by atoms with Crippen LogP contribution in [0.3, 0.4) is 0 Å². The van der Waals surface area contributed by atoms with Crippen molar-refractivity contribution in [3.8, 4) is 0 Å². The largest absolute Gasteiger partial charge is 0.479 e. The number of piperidine rings is 1. The molecule has 0 aliphatic carbocycles. The number of rotatable bonds is 8. The van der Waals surface area contributed by atoms with E-state index in [-0.39, 0.29) is 24.1 Å². The molecule has 0 aromatic rings. The molecule has 1 atom stereocenters. The zero-order chi connectivity index (χ0) is 17.7. The fourth-order valence-corrected chi connectivity index (χ4v) is 4.01. The first-order chi connectivity index (χ1) is 10.6. The van der Waals surface area contributed by atoms with E-state index in [2.05, 4.69) is 5.32 Å². The van der Waals surface area contributed by atoms with Crippen LogP contribution in [0.15, 0.2) is 0 Å². The summed E-state index contributed by atoms with van der Waals surface area (Å²) >= 11 is 0. The molecule has 0 aromatic carbocycles. The van der Waals surface area contributed by atoms with Crippen LogP contribution in [0.1, 0.15) is 39.5 Å². The predicted molar refractivity (Wildman–Crippen MR) is 84.3 cm³/mol. The minimum absolute atomic E-state index is 0.127. The normalized spacial score (nSPS) is 20.0. The van der Waals surface area contributed by atoms with Crippen LogP contribution in [-0.4, -0.2) is 65.8 Å². The fraction of sp³-hybridized carbons (Fsp3) is 0.857. The molecule has 0 spiro atoms. The number of hydrogen-bond donors (Lipinski definition) is 3. The van der Waals surface area contributed by atoms with Gasteiger partial charge in [0.1, 0.15) is 0 Å². The molecule has 3 N–H and O–H groups in total. The number of amides is 1. The van der Waals surface area contributed by atoms with E-state index in [1.54, 1.807) is 0 Å². The van der Waals surface area contributed by atoms with E-state index >= 15 is 0 Å². The van der Waals surface area contributed by atoms with Gasteiger partial charge in [0.2, 0.25) is 15.9 Å². The predicted octanol–water partition coefficient (Wildman–Crippen LogP) is -0.220. The van der Waals surface area contributed by atoms with Gasteiger partial charge in [-0.05, 0) is 26.2 Å². The van der Waals surface area contributed by atoms with Crippen LogP contribution >= 0.6 is 0 Å². The van der Waals surface area contributed by atoms with E-state index < -0.39 is 21.6 Å². The van der Waals surface area contributed by atoms with Gasteiger partial charge in [-0.25, -0.2) is 17.5 Å². The van der Waals surface area contributed by atoms with Crippen LogP contribution in [0, 0.1) is 5.92 Å². The highest BCUT2D eigenvalue weighted by Gasteiger charge is 2.34. The van der Waals surface area contributed by atoms with E-state index in [1.165, 1.54) is 4.31 Å². The van der Waals surface area contributed by atoms with Gasteiger partial charge in [-0.3, -0.25) is 4.79 Å². The van der Waals surface area contributed by atoms with Crippen LogP contribution in [0.4, 0.5) is 0 Å². The smallest absolute Gasteiger partial charge is 0.337 e. The van der Waals surface area contributed by atoms with Crippen molar-refractivity contribution in [1.29, 1.82) is 0 Å². The minimum atomic E-state index is -3.26. The molecule has 23 heavy (non-hydrogen) atoms. The SMILES string of the molecule is CCCCS(=O)(=O)N1CCC(C(=O)NCC(C)(O)C(=O)O)CC1. The lowest BCUT2D eigenvalue weighted by molar-refractivity contribution is -0.156. The number of hydrogen-bond acceptors (Lipinski definition) is 5. The number of sulfonamides is 1. The first-order valence-electron chi connectivity index (χ1n) is 7.81. The third-order valence-corrected chi connectivity index (χ3v) is 6.00. The molecule has 0 saturated carbocycles. The average molecular weight is 350 g/mol. The van der Waals surface area contributed by atoms with Gasteiger partial charge in [-0.2, -0.15) is 0 Å². The van der Waals surface area contributed by atoms with Crippen molar-refractivity contribution in [3.63, 3.8) is 0 Å². The zero-order valence-corrected chi connectivity index (χ0v) is 14.4. The molecule has 1 fully saturated rings. The minimum Gasteiger partial charge on any atom is -0.479 e. The van der Waals surface area contributed by atoms with Crippen molar-refractivity contribution in [2.75, 3.05) is 25.4 Å². The molecule has 1 saturated heterocycles. The van der Waals surface area contributed by atoms with Crippen molar-refractivity contribution in [2.24, 2.45) is 5.92 Å². The van der Waals surface area contributed by atoms with Crippen LogP contribution in [-0.2, 0) is 19.6 Å². The number of carboxylic acids is 1. The van der Waals surface area contributed by atoms with Gasteiger partial charge < -0.3 is 15.5 Å². The Morgan fingerprint density at radius 2 is 1.87 bits per heavy atom. The van der Waals surface area contributed by atoms with Crippen molar-refractivity contribution < 1.29 is 28.2 Å². The summed E-state index contributed by atoms with van der Waals surface area (Å²) in [5, 5.41) is 20.8. The van der Waals surface area contributed by atoms with E-state index in [9.17, 15) is 23.1 Å². The average Bonchev–Trinajstić information content (AvgIpc) is 2.50. The molecule has 0 bridgehead atoms. The number of nitrogens with one attached hydrogen (secondary N) is 1. The van der Waals surface area contributed by atoms with Crippen LogP contribution in [0.25, 0.3) is 0 Å². The first-order valence-corrected chi connectivity index (χ1v) is 9.42. The zero-order valence-electron chi connectivity index (χ0n) is 13.6. The number of aliphatic carboxylic acids is 1. The fourth-order valence-electron chi connectivity index (χ4n) is 2.33. The second-order valence-corrected chi connectivity index (χ2v) is 8.23. The van der Waals surface area contributed by atoms with Gasteiger partial charge >= 0.3 is 5.97 Å². The number of carbonyl (C=O) groups is 2. The third-order valence-electron chi connectivity index (χ3n) is 4.04. The lowest BCUT2D eigenvalue weighted by Crippen LogP contribution is -2.49.